The van der Waals surface area contributed by atoms with Crippen LogP contribution < -0.4 is 0 Å². The van der Waals surface area contributed by atoms with E-state index in [-0.39, 0.29) is 11.6 Å². The zero-order valence-electron chi connectivity index (χ0n) is 45.5. The second-order valence-corrected chi connectivity index (χ2v) is 23.0. The van der Waals surface area contributed by atoms with Crippen LogP contribution in [0, 0.1) is 11.6 Å². The van der Waals surface area contributed by atoms with Crippen molar-refractivity contribution in [3.05, 3.63) is 218 Å². The van der Waals surface area contributed by atoms with E-state index in [1.807, 2.05) is 24.3 Å². The van der Waals surface area contributed by atoms with Gasteiger partial charge in [-0.25, -0.2) is 8.78 Å². The van der Waals surface area contributed by atoms with Crippen LogP contribution in [0.5, 0.6) is 0 Å². The lowest BCUT2D eigenvalue weighted by atomic mass is 8.47. The molecule has 0 unspecified atom stereocenters. The topological polar surface area (TPSA) is 0 Å². The second-order valence-electron chi connectivity index (χ2n) is 23.0. The summed E-state index contributed by atoms with van der Waals surface area (Å²) in [5.41, 5.74) is 11.1. The molecule has 0 saturated heterocycles. The first-order valence-corrected chi connectivity index (χ1v) is 28.5. The Labute approximate surface area is 497 Å². The van der Waals surface area contributed by atoms with E-state index in [9.17, 15) is 8.78 Å². The monoisotopic (exact) mass is 1040 g/mol. The number of halogens is 2. The summed E-state index contributed by atoms with van der Waals surface area (Å²) in [4.78, 5) is 0. The zero-order chi connectivity index (χ0) is 57.1. The number of benzene rings is 14. The van der Waals surface area contributed by atoms with Gasteiger partial charge in [0.25, 0.3) is 0 Å². The summed E-state index contributed by atoms with van der Waals surface area (Å²) < 4.78 is 29.7. The minimum absolute atomic E-state index is 0.269. The van der Waals surface area contributed by atoms with E-state index in [0.717, 1.165) is 66.1 Å². The Morgan fingerprint density at radius 3 is 1.08 bits per heavy atom. The van der Waals surface area contributed by atoms with Crippen LogP contribution in [0.4, 0.5) is 8.78 Å². The van der Waals surface area contributed by atoms with E-state index >= 15 is 0 Å². The van der Waals surface area contributed by atoms with Gasteiger partial charge < -0.3 is 0 Å². The molecule has 17 rings (SSSR count). The Morgan fingerprint density at radius 2 is 0.571 bits per heavy atom. The lowest BCUT2D eigenvalue weighted by Gasteiger charge is -2.34. The van der Waals surface area contributed by atoms with Gasteiger partial charge in [0.1, 0.15) is 11.6 Å². The molecule has 0 saturated carbocycles. The van der Waals surface area contributed by atoms with Crippen LogP contribution in [-0.4, -0.2) is 100 Å². The van der Waals surface area contributed by atoms with Gasteiger partial charge in [0.15, 0.2) is 0 Å². The van der Waals surface area contributed by atoms with Crippen molar-refractivity contribution in [2.75, 3.05) is 0 Å². The SMILES string of the molecule is Fc1ccc(-c2c3c(c(-c4ccc(F)cc4)c4cc5ccccc5cc24)-c2ccc4c5ccc6c7c(ccc(c8ccc-3c2c84)c57)c2c(-c3ccccc3)c3cccc4c5ccccc5c(c34)c62)cc1.[B]B([B])B(B([B])[B])B(B([B])[B])B([B])[B]. The molecule has 0 aliphatic heterocycles. The van der Waals surface area contributed by atoms with E-state index in [2.05, 4.69) is 158 Å². The molecule has 1 aliphatic rings. The molecule has 0 bridgehead atoms. The molecule has 0 N–H and O–H groups in total. The summed E-state index contributed by atoms with van der Waals surface area (Å²) in [6.45, 7) is 0. The van der Waals surface area contributed by atoms with Gasteiger partial charge in [-0.3, -0.25) is 0 Å². The molecule has 1 aliphatic carbocycles. The highest BCUT2D eigenvalue weighted by atomic mass is 19.1. The summed E-state index contributed by atoms with van der Waals surface area (Å²) in [7, 11) is 44.1. The minimum Gasteiger partial charge on any atom is -0.207 e. The van der Waals surface area contributed by atoms with Crippen molar-refractivity contribution in [2.24, 2.45) is 0 Å². The standard InChI is InChI=1S/C68H34F2.B14/c69-40-21-17-36(18-22-40)57-54-33-38-11-4-5-12-39(38)34-55(54)58(37-19-23-41(70)24-20-37)67-52-31-27-46-48-28-32-53-63-50(29-25-47(60(48)63)45-26-30-51(66(57)67)62(52)59(45)46)65-56(35-9-2-1-3-10-35)49-16-8-15-43-42-13-6-7-14-44(42)64(61(43)49)68(53)65;1-9(2)13(10(3)4)14(11(5)6)12(7)8/h1-34H;. The largest absolute Gasteiger partial charge is 0.207 e. The maximum absolute atomic E-state index is 14.8. The molecule has 0 fully saturated rings. The molecule has 0 nitrogen and oxygen atoms in total. The van der Waals surface area contributed by atoms with E-state index in [1.54, 1.807) is 24.3 Å². The molecule has 16 aromatic rings. The van der Waals surface area contributed by atoms with Crippen LogP contribution in [0.1, 0.15) is 0 Å². The van der Waals surface area contributed by atoms with Crippen molar-refractivity contribution in [3.8, 4) is 55.6 Å². The van der Waals surface area contributed by atoms with Gasteiger partial charge >= 0.3 is 0 Å². The average Bonchev–Trinajstić information content (AvgIpc) is 1.57. The fraction of sp³-hybridized carbons (Fsp3) is 0. The summed E-state index contributed by atoms with van der Waals surface area (Å²) >= 11 is 0. The number of rotatable bonds is 8. The Bertz CT molecular complexity index is 5170. The third-order valence-electron chi connectivity index (χ3n) is 18.5. The lowest BCUT2D eigenvalue weighted by molar-refractivity contribution is 0.627. The highest BCUT2D eigenvalue weighted by molar-refractivity contribution is 8.10. The van der Waals surface area contributed by atoms with Crippen LogP contribution in [0.25, 0.3) is 174 Å². The predicted molar refractivity (Wildman–Crippen MR) is 374 cm³/mol. The van der Waals surface area contributed by atoms with E-state index in [0.29, 0.717) is 0 Å². The van der Waals surface area contributed by atoms with E-state index in [4.69, 9.17) is 61.9 Å². The molecule has 16 radical (unpaired) electrons. The molecule has 16 heteroatoms. The van der Waals surface area contributed by atoms with Crippen molar-refractivity contribution in [2.45, 2.75) is 0 Å². The summed E-state index contributed by atoms with van der Waals surface area (Å²) in [5, 5.41) is 27.5. The van der Waals surface area contributed by atoms with Crippen LogP contribution in [-0.2, 0) is 0 Å². The van der Waals surface area contributed by atoms with Crippen molar-refractivity contribution < 1.29 is 8.78 Å². The van der Waals surface area contributed by atoms with Crippen LogP contribution in [0.3, 0.4) is 0 Å². The quantitative estimate of drug-likeness (QED) is 0.0808. The van der Waals surface area contributed by atoms with Crippen LogP contribution in [0.2, 0.25) is 0 Å². The van der Waals surface area contributed by atoms with Crippen molar-refractivity contribution in [1.82, 2.24) is 0 Å². The molecule has 0 heterocycles. The van der Waals surface area contributed by atoms with E-state index < -0.39 is 38.3 Å². The van der Waals surface area contributed by atoms with Gasteiger partial charge in [0, 0.05) is 100 Å². The Balaban J connectivity index is 0.000000369. The van der Waals surface area contributed by atoms with Gasteiger partial charge in [-0.1, -0.05) is 170 Å². The molecule has 0 amide bonds. The van der Waals surface area contributed by atoms with Crippen molar-refractivity contribution in [3.63, 3.8) is 0 Å². The maximum atomic E-state index is 14.8. The molecular weight excluding hydrogens is 1010 g/mol. The third kappa shape index (κ3) is 7.31. The number of hydrogen-bond acceptors (Lipinski definition) is 0. The van der Waals surface area contributed by atoms with E-state index in [1.165, 1.54) is 108 Å². The normalized spacial score (nSPS) is 12.1. The molecule has 16 aromatic carbocycles. The molecule has 362 valence electrons. The molecule has 0 atom stereocenters. The van der Waals surface area contributed by atoms with Gasteiger partial charge in [-0.05, 0) is 211 Å². The fourth-order valence-corrected chi connectivity index (χ4v) is 15.2. The molecular formula is C68H34B14F2. The first kappa shape index (κ1) is 51.6. The second kappa shape index (κ2) is 19.2. The van der Waals surface area contributed by atoms with Gasteiger partial charge in [0.05, 0.1) is 0 Å². The zero-order valence-corrected chi connectivity index (χ0v) is 45.5. The third-order valence-corrected chi connectivity index (χ3v) is 18.5. The van der Waals surface area contributed by atoms with Gasteiger partial charge in [0.2, 0.25) is 0 Å². The Kier molecular flexibility index (Phi) is 11.8. The van der Waals surface area contributed by atoms with Crippen LogP contribution in [0.15, 0.2) is 206 Å². The first-order chi connectivity index (χ1) is 40.9. The lowest BCUT2D eigenvalue weighted by Crippen LogP contribution is -2.72. The van der Waals surface area contributed by atoms with Gasteiger partial charge in [-0.2, -0.15) is 0 Å². The Morgan fingerprint density at radius 1 is 0.226 bits per heavy atom. The smallest absolute Gasteiger partial charge is 0.123 e. The van der Waals surface area contributed by atoms with Crippen molar-refractivity contribution >= 4 is 219 Å². The fourth-order valence-electron chi connectivity index (χ4n) is 15.2. The predicted octanol–water partition coefficient (Wildman–Crippen LogP) is 14.3. The number of hydrogen-bond donors (Lipinski definition) is 0. The highest BCUT2D eigenvalue weighted by Gasteiger charge is 2.37. The number of fused-ring (bicyclic) bond motifs is 14. The molecule has 0 spiro atoms. The summed E-state index contributed by atoms with van der Waals surface area (Å²) in [5.74, 6) is -0.539. The average molecular weight is 1040 g/mol. The van der Waals surface area contributed by atoms with Crippen LogP contribution >= 0.6 is 0 Å². The molecule has 0 aromatic heterocycles. The molecule has 84 heavy (non-hydrogen) atoms. The first-order valence-electron chi connectivity index (χ1n) is 28.5. The van der Waals surface area contributed by atoms with Gasteiger partial charge in [-0.15, -0.1) is 0 Å². The summed E-state index contributed by atoms with van der Waals surface area (Å²) in [6, 6.07) is 72.9. The highest BCUT2D eigenvalue weighted by Crippen LogP contribution is 2.61. The van der Waals surface area contributed by atoms with Crippen molar-refractivity contribution in [1.29, 1.82) is 0 Å². The Hall–Kier alpha value is -8.07. The maximum Gasteiger partial charge on any atom is 0.123 e. The minimum atomic E-state index is -0.760. The summed E-state index contributed by atoms with van der Waals surface area (Å²) in [6.07, 6.45) is -4.08.